The second kappa shape index (κ2) is 8.27. The van der Waals surface area contributed by atoms with Crippen LogP contribution in [0, 0.1) is 0 Å². The zero-order valence-corrected chi connectivity index (χ0v) is 15.8. The molecule has 1 aliphatic rings. The van der Waals surface area contributed by atoms with Crippen molar-refractivity contribution >= 4 is 28.5 Å². The lowest BCUT2D eigenvalue weighted by molar-refractivity contribution is -0.134. The van der Waals surface area contributed by atoms with Crippen molar-refractivity contribution in [3.8, 4) is 0 Å². The van der Waals surface area contributed by atoms with Crippen LogP contribution in [-0.4, -0.2) is 76.1 Å². The fraction of sp³-hybridized carbons (Fsp3) is 0.300. The molecule has 3 N–H and O–H groups in total. The second-order valence-corrected chi connectivity index (χ2v) is 6.88. The van der Waals surface area contributed by atoms with Crippen LogP contribution in [0.5, 0.6) is 0 Å². The highest BCUT2D eigenvalue weighted by Gasteiger charge is 2.28. The number of carbonyl (C=O) groups is 2. The summed E-state index contributed by atoms with van der Waals surface area (Å²) in [6.07, 6.45) is 0. The van der Waals surface area contributed by atoms with Gasteiger partial charge in [0, 0.05) is 37.4 Å². The summed E-state index contributed by atoms with van der Waals surface area (Å²) in [6, 6.07) is 13.9. The number of H-pyrrole nitrogens is 1. The van der Waals surface area contributed by atoms with Crippen LogP contribution >= 0.6 is 0 Å². The van der Waals surface area contributed by atoms with Gasteiger partial charge in [-0.25, -0.2) is 0 Å². The molecule has 0 spiro atoms. The quantitative estimate of drug-likeness (QED) is 0.577. The van der Waals surface area contributed by atoms with E-state index >= 15 is 0 Å². The summed E-state index contributed by atoms with van der Waals surface area (Å²) in [5, 5.41) is 22.7. The first-order valence-corrected chi connectivity index (χ1v) is 9.47. The van der Waals surface area contributed by atoms with Crippen LogP contribution in [0.2, 0.25) is 0 Å². The molecule has 150 valence electrons. The number of carbonyl (C=O) groups excluding carboxylic acids is 2. The average Bonchev–Trinajstić information content (AvgIpc) is 3.25. The number of nitrogens with one attached hydrogen (secondary N) is 2. The van der Waals surface area contributed by atoms with Gasteiger partial charge in [-0.05, 0) is 30.3 Å². The number of aromatic amines is 1. The lowest BCUT2D eigenvalue weighted by Gasteiger charge is -2.37. The summed E-state index contributed by atoms with van der Waals surface area (Å²) in [5.74, 6) is -0.721. The number of aromatic nitrogens is 3. The van der Waals surface area contributed by atoms with E-state index in [9.17, 15) is 14.7 Å². The molecule has 2 amide bonds. The third-order valence-corrected chi connectivity index (χ3v) is 5.08. The zero-order valence-electron chi connectivity index (χ0n) is 15.8. The molecule has 1 atom stereocenters. The topological polar surface area (TPSA) is 114 Å². The number of para-hydroxylation sites is 1. The Balaban J connectivity index is 1.37. The van der Waals surface area contributed by atoms with Gasteiger partial charge in [0.25, 0.3) is 5.91 Å². The Kier molecular flexibility index (Phi) is 5.39. The number of piperazine rings is 1. The average molecular weight is 394 g/mol. The first-order chi connectivity index (χ1) is 14.2. The van der Waals surface area contributed by atoms with Crippen molar-refractivity contribution in [3.05, 3.63) is 54.1 Å². The van der Waals surface area contributed by atoms with Crippen molar-refractivity contribution in [1.29, 1.82) is 0 Å². The monoisotopic (exact) mass is 394 g/mol. The normalized spacial score (nSPS) is 15.3. The number of fused-ring (bicyclic) bond motifs is 1. The van der Waals surface area contributed by atoms with E-state index in [0.717, 1.165) is 5.69 Å². The van der Waals surface area contributed by atoms with E-state index < -0.39 is 18.6 Å². The molecule has 1 aliphatic heterocycles. The number of hydrogen-bond donors (Lipinski definition) is 3. The Morgan fingerprint density at radius 3 is 2.48 bits per heavy atom. The predicted molar refractivity (Wildman–Crippen MR) is 107 cm³/mol. The second-order valence-electron chi connectivity index (χ2n) is 6.88. The molecule has 0 radical (unpaired) electrons. The Bertz CT molecular complexity index is 998. The molecule has 0 bridgehead atoms. The van der Waals surface area contributed by atoms with Crippen molar-refractivity contribution in [1.82, 2.24) is 25.6 Å². The fourth-order valence-corrected chi connectivity index (χ4v) is 3.45. The van der Waals surface area contributed by atoms with E-state index in [2.05, 4.69) is 25.6 Å². The van der Waals surface area contributed by atoms with Crippen molar-refractivity contribution in [2.75, 3.05) is 37.7 Å². The summed E-state index contributed by atoms with van der Waals surface area (Å²) in [4.78, 5) is 29.3. The third-order valence-electron chi connectivity index (χ3n) is 5.08. The minimum Gasteiger partial charge on any atom is -0.394 e. The molecule has 9 nitrogen and oxygen atoms in total. The van der Waals surface area contributed by atoms with E-state index in [0.29, 0.717) is 42.8 Å². The molecule has 1 aromatic heterocycles. The Morgan fingerprint density at radius 1 is 1.03 bits per heavy atom. The molecule has 29 heavy (non-hydrogen) atoms. The standard InChI is InChI=1S/C20H22N6O3/c27-13-18(21-19(28)14-6-7-16-17(12-14)23-24-22-16)20(29)26-10-8-25(9-11-26)15-4-2-1-3-5-15/h1-7,12,18,27H,8-11,13H2,(H,21,28)(H,22,23,24)/t18-/m0/s1. The number of anilines is 1. The molecular formula is C20H22N6O3. The largest absolute Gasteiger partial charge is 0.394 e. The number of rotatable bonds is 5. The van der Waals surface area contributed by atoms with Gasteiger partial charge in [-0.3, -0.25) is 9.59 Å². The van der Waals surface area contributed by atoms with Crippen LogP contribution < -0.4 is 10.2 Å². The Hall–Kier alpha value is -3.46. The lowest BCUT2D eigenvalue weighted by atomic mass is 10.1. The molecule has 3 aromatic rings. The van der Waals surface area contributed by atoms with Gasteiger partial charge in [-0.1, -0.05) is 18.2 Å². The molecule has 4 rings (SSSR count). The summed E-state index contributed by atoms with van der Waals surface area (Å²) in [5.41, 5.74) is 2.68. The minimum absolute atomic E-state index is 0.281. The number of aliphatic hydroxyl groups excluding tert-OH is 1. The van der Waals surface area contributed by atoms with Crippen LogP contribution in [0.3, 0.4) is 0 Å². The number of nitrogens with zero attached hydrogens (tertiary/aromatic N) is 4. The van der Waals surface area contributed by atoms with Crippen LogP contribution in [0.1, 0.15) is 10.4 Å². The van der Waals surface area contributed by atoms with Crippen LogP contribution in [-0.2, 0) is 4.79 Å². The molecule has 2 heterocycles. The van der Waals surface area contributed by atoms with Gasteiger partial charge in [0.15, 0.2) is 0 Å². The minimum atomic E-state index is -0.987. The van der Waals surface area contributed by atoms with Crippen LogP contribution in [0.15, 0.2) is 48.5 Å². The maximum atomic E-state index is 12.8. The SMILES string of the molecule is O=C(N[C@@H](CO)C(=O)N1CCN(c2ccccc2)CC1)c1ccc2n[nH]nc2c1. The Labute approximate surface area is 167 Å². The number of hydrogen-bond acceptors (Lipinski definition) is 6. The molecule has 1 saturated heterocycles. The smallest absolute Gasteiger partial charge is 0.252 e. The maximum Gasteiger partial charge on any atom is 0.252 e. The van der Waals surface area contributed by atoms with Gasteiger partial charge in [0.2, 0.25) is 5.91 Å². The van der Waals surface area contributed by atoms with Crippen molar-refractivity contribution < 1.29 is 14.7 Å². The van der Waals surface area contributed by atoms with E-state index in [1.807, 2.05) is 30.3 Å². The van der Waals surface area contributed by atoms with Crippen LogP contribution in [0.25, 0.3) is 11.0 Å². The summed E-state index contributed by atoms with van der Waals surface area (Å²) < 4.78 is 0. The number of benzene rings is 2. The number of amides is 2. The Morgan fingerprint density at radius 2 is 1.76 bits per heavy atom. The first kappa shape index (κ1) is 18.9. The van der Waals surface area contributed by atoms with E-state index in [-0.39, 0.29) is 5.91 Å². The van der Waals surface area contributed by atoms with Crippen molar-refractivity contribution in [2.24, 2.45) is 0 Å². The van der Waals surface area contributed by atoms with Crippen molar-refractivity contribution in [3.63, 3.8) is 0 Å². The van der Waals surface area contributed by atoms with Gasteiger partial charge in [0.1, 0.15) is 17.1 Å². The molecule has 0 saturated carbocycles. The van der Waals surface area contributed by atoms with Gasteiger partial charge in [-0.2, -0.15) is 15.4 Å². The van der Waals surface area contributed by atoms with E-state index in [1.54, 1.807) is 23.1 Å². The molecule has 1 fully saturated rings. The van der Waals surface area contributed by atoms with Gasteiger partial charge < -0.3 is 20.2 Å². The number of aliphatic hydroxyl groups is 1. The summed E-state index contributed by atoms with van der Waals surface area (Å²) in [7, 11) is 0. The van der Waals surface area contributed by atoms with Gasteiger partial charge in [0.05, 0.1) is 6.61 Å². The highest BCUT2D eigenvalue weighted by atomic mass is 16.3. The predicted octanol–water partition coefficient (Wildman–Crippen LogP) is 0.397. The third kappa shape index (κ3) is 4.04. The van der Waals surface area contributed by atoms with Crippen LogP contribution in [0.4, 0.5) is 5.69 Å². The molecule has 0 unspecified atom stereocenters. The first-order valence-electron chi connectivity index (χ1n) is 9.47. The van der Waals surface area contributed by atoms with E-state index in [4.69, 9.17) is 0 Å². The highest BCUT2D eigenvalue weighted by Crippen LogP contribution is 2.16. The van der Waals surface area contributed by atoms with Gasteiger partial charge >= 0.3 is 0 Å². The highest BCUT2D eigenvalue weighted by molar-refractivity contribution is 5.99. The molecule has 2 aromatic carbocycles. The molecule has 9 heteroatoms. The maximum absolute atomic E-state index is 12.8. The summed E-state index contributed by atoms with van der Waals surface area (Å²) >= 11 is 0. The fourth-order valence-electron chi connectivity index (χ4n) is 3.45. The zero-order chi connectivity index (χ0) is 20.2. The van der Waals surface area contributed by atoms with E-state index in [1.165, 1.54) is 0 Å². The molecular weight excluding hydrogens is 372 g/mol. The molecule has 0 aliphatic carbocycles. The summed E-state index contributed by atoms with van der Waals surface area (Å²) in [6.45, 7) is 2.00. The lowest BCUT2D eigenvalue weighted by Crippen LogP contribution is -2.56. The van der Waals surface area contributed by atoms with Gasteiger partial charge in [-0.15, -0.1) is 0 Å². The van der Waals surface area contributed by atoms with Crippen molar-refractivity contribution in [2.45, 2.75) is 6.04 Å².